The Morgan fingerprint density at radius 2 is 1.35 bits per heavy atom. The molecule has 6 nitrogen and oxygen atoms in total. The molecule has 2 aromatic carbocycles. The van der Waals surface area contributed by atoms with Gasteiger partial charge in [-0.25, -0.2) is 0 Å². The molecular weight excluding hydrogens is 285 g/mol. The second-order valence-corrected chi connectivity index (χ2v) is 4.71. The fraction of sp³-hybridized carbons (Fsp3) is 0. The Morgan fingerprint density at radius 3 is 1.80 bits per heavy atom. The van der Waals surface area contributed by atoms with E-state index in [1.807, 2.05) is 0 Å². The number of benzene rings is 2. The van der Waals surface area contributed by atoms with Crippen molar-refractivity contribution in [3.05, 3.63) is 48.5 Å². The third-order valence-electron chi connectivity index (χ3n) is 2.21. The van der Waals surface area contributed by atoms with Crippen molar-refractivity contribution in [2.24, 2.45) is 10.2 Å². The predicted octanol–water partition coefficient (Wildman–Crippen LogP) is 3.28. The quantitative estimate of drug-likeness (QED) is 0.532. The normalized spacial score (nSPS) is 11.7. The van der Waals surface area contributed by atoms with Crippen LogP contribution < -0.4 is 9.92 Å². The number of halogens is 1. The molecule has 0 radical (unpaired) electrons. The summed E-state index contributed by atoms with van der Waals surface area (Å²) in [5, 5.41) is 7.89. The van der Waals surface area contributed by atoms with E-state index >= 15 is 0 Å². The first kappa shape index (κ1) is 13.9. The lowest BCUT2D eigenvalue weighted by molar-refractivity contribution is 0.440. The molecule has 2 rings (SSSR count). The average Bonchev–Trinajstić information content (AvgIpc) is 2.38. The van der Waals surface area contributed by atoms with Crippen LogP contribution in [0.5, 0.6) is 5.75 Å². The zero-order valence-corrected chi connectivity index (χ0v) is 10.9. The van der Waals surface area contributed by atoms with E-state index in [0.717, 1.165) is 0 Å². The summed E-state index contributed by atoms with van der Waals surface area (Å²) in [5.41, 5.74) is 7.24. The van der Waals surface area contributed by atoms with Gasteiger partial charge >= 0.3 is 10.5 Å². The van der Waals surface area contributed by atoms with E-state index in [2.05, 4.69) is 14.4 Å². The van der Waals surface area contributed by atoms with Crippen LogP contribution in [-0.2, 0) is 10.5 Å². The number of nitrogens with zero attached hydrogens (tertiary/aromatic N) is 2. The standard InChI is InChI=1S/C12H10FN3O3S/c13-20(17,18)19-12-7-5-11(6-8-12)16-15-10-3-1-9(14)2-4-10/h1-8H,14H2. The van der Waals surface area contributed by atoms with Crippen LogP contribution in [0.3, 0.4) is 0 Å². The summed E-state index contributed by atoms with van der Waals surface area (Å²) >= 11 is 0. The average molecular weight is 295 g/mol. The largest absolute Gasteiger partial charge is 0.488 e. The minimum atomic E-state index is -5.02. The van der Waals surface area contributed by atoms with Gasteiger partial charge in [-0.15, -0.1) is 0 Å². The Bertz CT molecular complexity index is 713. The molecule has 0 saturated carbocycles. The van der Waals surface area contributed by atoms with Gasteiger partial charge in [-0.1, -0.05) is 3.89 Å². The van der Waals surface area contributed by atoms with Crippen LogP contribution >= 0.6 is 0 Å². The van der Waals surface area contributed by atoms with E-state index in [4.69, 9.17) is 5.73 Å². The number of anilines is 1. The van der Waals surface area contributed by atoms with E-state index < -0.39 is 10.5 Å². The Balaban J connectivity index is 2.09. The zero-order chi connectivity index (χ0) is 14.6. The van der Waals surface area contributed by atoms with E-state index in [-0.39, 0.29) is 5.75 Å². The van der Waals surface area contributed by atoms with Gasteiger partial charge in [-0.2, -0.15) is 18.6 Å². The van der Waals surface area contributed by atoms with Crippen LogP contribution in [0.2, 0.25) is 0 Å². The van der Waals surface area contributed by atoms with Gasteiger partial charge in [0.2, 0.25) is 0 Å². The second-order valence-electron chi connectivity index (χ2n) is 3.76. The Labute approximate surface area is 115 Å². The van der Waals surface area contributed by atoms with Crippen LogP contribution in [-0.4, -0.2) is 8.42 Å². The van der Waals surface area contributed by atoms with Crippen LogP contribution in [0, 0.1) is 0 Å². The summed E-state index contributed by atoms with van der Waals surface area (Å²) in [7, 11) is -5.02. The van der Waals surface area contributed by atoms with E-state index in [0.29, 0.717) is 17.1 Å². The van der Waals surface area contributed by atoms with E-state index in [9.17, 15) is 12.3 Å². The lowest BCUT2D eigenvalue weighted by Gasteiger charge is -1.99. The topological polar surface area (TPSA) is 94.1 Å². The van der Waals surface area contributed by atoms with Crippen LogP contribution in [0.4, 0.5) is 20.9 Å². The molecule has 0 unspecified atom stereocenters. The van der Waals surface area contributed by atoms with Gasteiger partial charge in [0.15, 0.2) is 0 Å². The first-order valence-corrected chi connectivity index (χ1v) is 6.75. The van der Waals surface area contributed by atoms with Gasteiger partial charge in [0, 0.05) is 5.69 Å². The van der Waals surface area contributed by atoms with E-state index in [1.165, 1.54) is 24.3 Å². The number of hydrogen-bond donors (Lipinski definition) is 1. The number of hydrogen-bond acceptors (Lipinski definition) is 6. The fourth-order valence-electron chi connectivity index (χ4n) is 1.34. The summed E-state index contributed by atoms with van der Waals surface area (Å²) in [6.07, 6.45) is 0. The van der Waals surface area contributed by atoms with Crippen molar-refractivity contribution in [2.75, 3.05) is 5.73 Å². The molecule has 2 N–H and O–H groups in total. The second kappa shape index (κ2) is 5.66. The fourth-order valence-corrected chi connectivity index (χ4v) is 1.68. The Hall–Kier alpha value is -2.48. The molecule has 20 heavy (non-hydrogen) atoms. The van der Waals surface area contributed by atoms with Crippen molar-refractivity contribution >= 4 is 27.6 Å². The molecular formula is C12H10FN3O3S. The number of nitrogen functional groups attached to an aromatic ring is 1. The molecule has 0 bridgehead atoms. The molecule has 8 heteroatoms. The third-order valence-corrected chi connectivity index (χ3v) is 2.60. The van der Waals surface area contributed by atoms with Crippen molar-refractivity contribution in [1.82, 2.24) is 0 Å². The van der Waals surface area contributed by atoms with E-state index in [1.54, 1.807) is 24.3 Å². The van der Waals surface area contributed by atoms with Crippen molar-refractivity contribution in [3.8, 4) is 5.75 Å². The molecule has 104 valence electrons. The van der Waals surface area contributed by atoms with Crippen LogP contribution in [0.15, 0.2) is 58.8 Å². The van der Waals surface area contributed by atoms with Gasteiger partial charge in [-0.05, 0) is 48.5 Å². The molecule has 0 fully saturated rings. The molecule has 0 aliphatic heterocycles. The van der Waals surface area contributed by atoms with Crippen LogP contribution in [0.1, 0.15) is 0 Å². The highest BCUT2D eigenvalue weighted by Crippen LogP contribution is 2.22. The van der Waals surface area contributed by atoms with Crippen molar-refractivity contribution in [2.45, 2.75) is 0 Å². The summed E-state index contributed by atoms with van der Waals surface area (Å²) in [6, 6.07) is 12.2. The maximum atomic E-state index is 12.3. The van der Waals surface area contributed by atoms with Gasteiger partial charge < -0.3 is 9.92 Å². The summed E-state index contributed by atoms with van der Waals surface area (Å²) in [5.74, 6) is -0.140. The zero-order valence-electron chi connectivity index (χ0n) is 10.1. The minimum absolute atomic E-state index is 0.140. The highest BCUT2D eigenvalue weighted by Gasteiger charge is 2.08. The number of nitrogens with two attached hydrogens (primary N) is 1. The molecule has 0 heterocycles. The highest BCUT2D eigenvalue weighted by molar-refractivity contribution is 7.81. The maximum absolute atomic E-state index is 12.3. The van der Waals surface area contributed by atoms with Crippen LogP contribution in [0.25, 0.3) is 0 Å². The summed E-state index contributed by atoms with van der Waals surface area (Å²) in [4.78, 5) is 0. The van der Waals surface area contributed by atoms with Gasteiger partial charge in [0.1, 0.15) is 5.75 Å². The molecule has 0 amide bonds. The molecule has 0 spiro atoms. The molecule has 2 aromatic rings. The number of azo groups is 1. The lowest BCUT2D eigenvalue weighted by atomic mass is 10.3. The lowest BCUT2D eigenvalue weighted by Crippen LogP contribution is -2.00. The monoisotopic (exact) mass is 295 g/mol. The first-order valence-electron chi connectivity index (χ1n) is 5.44. The molecule has 0 aromatic heterocycles. The smallest absolute Gasteiger partial charge is 0.399 e. The highest BCUT2D eigenvalue weighted by atomic mass is 32.3. The van der Waals surface area contributed by atoms with Gasteiger partial charge in [0.05, 0.1) is 11.4 Å². The van der Waals surface area contributed by atoms with Gasteiger partial charge in [0.25, 0.3) is 0 Å². The maximum Gasteiger partial charge on any atom is 0.488 e. The van der Waals surface area contributed by atoms with Crippen molar-refractivity contribution < 1.29 is 16.5 Å². The summed E-state index contributed by atoms with van der Waals surface area (Å²) in [6.45, 7) is 0. The molecule has 0 aliphatic rings. The predicted molar refractivity (Wildman–Crippen MR) is 72.1 cm³/mol. The van der Waals surface area contributed by atoms with Gasteiger partial charge in [-0.3, -0.25) is 0 Å². The number of rotatable bonds is 4. The molecule has 0 atom stereocenters. The minimum Gasteiger partial charge on any atom is -0.399 e. The van der Waals surface area contributed by atoms with Crippen molar-refractivity contribution in [3.63, 3.8) is 0 Å². The SMILES string of the molecule is Nc1ccc(N=Nc2ccc(OS(=O)(=O)F)cc2)cc1. The Morgan fingerprint density at radius 1 is 0.900 bits per heavy atom. The summed E-state index contributed by atoms with van der Waals surface area (Å²) < 4.78 is 36.9. The van der Waals surface area contributed by atoms with Crippen molar-refractivity contribution in [1.29, 1.82) is 0 Å². The molecule has 0 saturated heterocycles. The third kappa shape index (κ3) is 4.32. The Kier molecular flexibility index (Phi) is 3.94. The molecule has 0 aliphatic carbocycles. The first-order chi connectivity index (χ1) is 9.42.